The Hall–Kier alpha value is -2.11. The standard InChI is InChI=1S/C16H12Cl2N2O3/c17-16(18)13(10-4-2-1-3-5-10)14(16)15(21)19-11-6-8-12(9-7-11)20(22)23/h1-9,13-14H,(H,19,21)/t13-,14+/m0/s1. The minimum absolute atomic E-state index is 0.0411. The Kier molecular flexibility index (Phi) is 4.00. The SMILES string of the molecule is O=C(Nc1ccc([N+](=O)[O-])cc1)[C@H]1[C@H](c2ccccc2)C1(Cl)Cl. The molecule has 1 aliphatic carbocycles. The molecule has 1 fully saturated rings. The molecule has 2 atom stereocenters. The van der Waals surface area contributed by atoms with Gasteiger partial charge >= 0.3 is 0 Å². The molecule has 3 rings (SSSR count). The fraction of sp³-hybridized carbons (Fsp3) is 0.188. The maximum absolute atomic E-state index is 12.4. The van der Waals surface area contributed by atoms with Crippen molar-refractivity contribution in [3.63, 3.8) is 0 Å². The van der Waals surface area contributed by atoms with Crippen LogP contribution in [0.2, 0.25) is 0 Å². The summed E-state index contributed by atoms with van der Waals surface area (Å²) < 4.78 is -1.15. The monoisotopic (exact) mass is 350 g/mol. The molecule has 1 N–H and O–H groups in total. The van der Waals surface area contributed by atoms with Gasteiger partial charge in [-0.15, -0.1) is 23.2 Å². The van der Waals surface area contributed by atoms with Crippen LogP contribution in [0.15, 0.2) is 54.6 Å². The summed E-state index contributed by atoms with van der Waals surface area (Å²) >= 11 is 12.5. The molecule has 0 saturated heterocycles. The van der Waals surface area contributed by atoms with Crippen molar-refractivity contribution in [2.24, 2.45) is 5.92 Å². The molecular formula is C16H12Cl2N2O3. The highest BCUT2D eigenvalue weighted by atomic mass is 35.5. The minimum atomic E-state index is -1.15. The Morgan fingerprint density at radius 1 is 1.09 bits per heavy atom. The average Bonchev–Trinajstić information content (AvgIpc) is 3.11. The van der Waals surface area contributed by atoms with Gasteiger partial charge in [0.15, 0.2) is 0 Å². The average molecular weight is 351 g/mol. The number of halogens is 2. The van der Waals surface area contributed by atoms with Crippen LogP contribution in [0.4, 0.5) is 11.4 Å². The van der Waals surface area contributed by atoms with Gasteiger partial charge in [-0.3, -0.25) is 14.9 Å². The van der Waals surface area contributed by atoms with Crippen molar-refractivity contribution in [1.29, 1.82) is 0 Å². The lowest BCUT2D eigenvalue weighted by Gasteiger charge is -2.04. The van der Waals surface area contributed by atoms with Gasteiger partial charge in [0.1, 0.15) is 4.33 Å². The van der Waals surface area contributed by atoms with E-state index in [2.05, 4.69) is 5.32 Å². The molecule has 2 aromatic carbocycles. The molecular weight excluding hydrogens is 339 g/mol. The van der Waals surface area contributed by atoms with E-state index in [9.17, 15) is 14.9 Å². The van der Waals surface area contributed by atoms with E-state index < -0.39 is 15.2 Å². The van der Waals surface area contributed by atoms with Gasteiger partial charge in [0.25, 0.3) is 5.69 Å². The second-order valence-electron chi connectivity index (χ2n) is 5.33. The van der Waals surface area contributed by atoms with E-state index in [1.807, 2.05) is 30.3 Å². The number of non-ortho nitro benzene ring substituents is 1. The first-order valence-corrected chi connectivity index (χ1v) is 7.65. The van der Waals surface area contributed by atoms with Crippen molar-refractivity contribution in [3.05, 3.63) is 70.3 Å². The molecule has 0 spiro atoms. The highest BCUT2D eigenvalue weighted by Crippen LogP contribution is 2.65. The molecule has 23 heavy (non-hydrogen) atoms. The maximum Gasteiger partial charge on any atom is 0.269 e. The van der Waals surface area contributed by atoms with Crippen molar-refractivity contribution < 1.29 is 9.72 Å². The number of nitro benzene ring substituents is 1. The highest BCUT2D eigenvalue weighted by molar-refractivity contribution is 6.53. The van der Waals surface area contributed by atoms with E-state index in [1.165, 1.54) is 24.3 Å². The Balaban J connectivity index is 1.72. The van der Waals surface area contributed by atoms with Crippen LogP contribution in [-0.2, 0) is 4.79 Å². The molecule has 2 aromatic rings. The first-order chi connectivity index (χ1) is 10.9. The van der Waals surface area contributed by atoms with E-state index in [-0.39, 0.29) is 17.5 Å². The fourth-order valence-corrected chi connectivity index (χ4v) is 3.44. The summed E-state index contributed by atoms with van der Waals surface area (Å²) in [6.07, 6.45) is 0. The van der Waals surface area contributed by atoms with Gasteiger partial charge in [0, 0.05) is 23.7 Å². The van der Waals surface area contributed by atoms with E-state index in [0.29, 0.717) is 5.69 Å². The molecule has 0 heterocycles. The molecule has 118 valence electrons. The predicted octanol–water partition coefficient (Wildman–Crippen LogP) is 4.12. The number of hydrogen-bond donors (Lipinski definition) is 1. The Morgan fingerprint density at radius 3 is 2.26 bits per heavy atom. The molecule has 0 aliphatic heterocycles. The van der Waals surface area contributed by atoms with Crippen LogP contribution in [0.25, 0.3) is 0 Å². The Labute approximate surface area is 142 Å². The number of nitro groups is 1. The van der Waals surface area contributed by atoms with Crippen LogP contribution in [0.3, 0.4) is 0 Å². The number of nitrogens with one attached hydrogen (secondary N) is 1. The minimum Gasteiger partial charge on any atom is -0.326 e. The van der Waals surface area contributed by atoms with E-state index in [1.54, 1.807) is 0 Å². The zero-order valence-electron chi connectivity index (χ0n) is 11.8. The number of nitrogens with zero attached hydrogens (tertiary/aromatic N) is 1. The third-order valence-corrected chi connectivity index (χ3v) is 4.78. The summed E-state index contributed by atoms with van der Waals surface area (Å²) in [5.41, 5.74) is 1.32. The second-order valence-corrected chi connectivity index (χ2v) is 6.78. The fourth-order valence-electron chi connectivity index (χ4n) is 2.61. The molecule has 1 saturated carbocycles. The summed E-state index contributed by atoms with van der Waals surface area (Å²) in [5.74, 6) is -1.15. The maximum atomic E-state index is 12.4. The summed E-state index contributed by atoms with van der Waals surface area (Å²) in [5, 5.41) is 13.3. The normalized spacial score (nSPS) is 21.5. The second kappa shape index (κ2) is 5.83. The summed E-state index contributed by atoms with van der Waals surface area (Å²) in [4.78, 5) is 22.5. The number of benzene rings is 2. The first-order valence-electron chi connectivity index (χ1n) is 6.89. The van der Waals surface area contributed by atoms with Crippen molar-refractivity contribution >= 4 is 40.5 Å². The van der Waals surface area contributed by atoms with Gasteiger partial charge in [-0.2, -0.15) is 0 Å². The van der Waals surface area contributed by atoms with Crippen LogP contribution in [0.5, 0.6) is 0 Å². The zero-order valence-corrected chi connectivity index (χ0v) is 13.3. The topological polar surface area (TPSA) is 72.2 Å². The highest BCUT2D eigenvalue weighted by Gasteiger charge is 2.67. The van der Waals surface area contributed by atoms with Crippen molar-refractivity contribution in [2.75, 3.05) is 5.32 Å². The number of hydrogen-bond acceptors (Lipinski definition) is 3. The van der Waals surface area contributed by atoms with Crippen LogP contribution in [0, 0.1) is 16.0 Å². The van der Waals surface area contributed by atoms with Gasteiger partial charge in [-0.1, -0.05) is 30.3 Å². The third kappa shape index (κ3) is 3.02. The van der Waals surface area contributed by atoms with Gasteiger partial charge in [-0.05, 0) is 17.7 Å². The summed E-state index contributed by atoms with van der Waals surface area (Å²) in [6, 6.07) is 15.0. The molecule has 0 aromatic heterocycles. The van der Waals surface area contributed by atoms with Crippen molar-refractivity contribution in [1.82, 2.24) is 0 Å². The Morgan fingerprint density at radius 2 is 1.70 bits per heavy atom. The zero-order chi connectivity index (χ0) is 16.6. The molecule has 5 nitrogen and oxygen atoms in total. The van der Waals surface area contributed by atoms with Crippen molar-refractivity contribution in [3.8, 4) is 0 Å². The third-order valence-electron chi connectivity index (χ3n) is 3.84. The van der Waals surface area contributed by atoms with E-state index in [0.717, 1.165) is 5.56 Å². The number of alkyl halides is 2. The van der Waals surface area contributed by atoms with Crippen LogP contribution in [0.1, 0.15) is 11.5 Å². The largest absolute Gasteiger partial charge is 0.326 e. The van der Waals surface area contributed by atoms with Crippen LogP contribution >= 0.6 is 23.2 Å². The number of carbonyl (C=O) groups excluding carboxylic acids is 1. The molecule has 0 radical (unpaired) electrons. The molecule has 7 heteroatoms. The van der Waals surface area contributed by atoms with E-state index >= 15 is 0 Å². The molecule has 0 unspecified atom stereocenters. The lowest BCUT2D eigenvalue weighted by atomic mass is 10.1. The number of carbonyl (C=O) groups is 1. The molecule has 1 aliphatic rings. The summed E-state index contributed by atoms with van der Waals surface area (Å²) in [6.45, 7) is 0. The number of anilines is 1. The molecule has 1 amide bonds. The number of rotatable bonds is 4. The van der Waals surface area contributed by atoms with Gasteiger partial charge in [0.05, 0.1) is 10.8 Å². The van der Waals surface area contributed by atoms with Crippen LogP contribution in [-0.4, -0.2) is 15.2 Å². The lowest BCUT2D eigenvalue weighted by molar-refractivity contribution is -0.384. The lowest BCUT2D eigenvalue weighted by Crippen LogP contribution is -2.17. The summed E-state index contributed by atoms with van der Waals surface area (Å²) in [7, 11) is 0. The van der Waals surface area contributed by atoms with Crippen LogP contribution < -0.4 is 5.32 Å². The predicted molar refractivity (Wildman–Crippen MR) is 88.8 cm³/mol. The molecule has 0 bridgehead atoms. The van der Waals surface area contributed by atoms with E-state index in [4.69, 9.17) is 23.2 Å². The van der Waals surface area contributed by atoms with Gasteiger partial charge in [-0.25, -0.2) is 0 Å². The first kappa shape index (κ1) is 15.8. The quantitative estimate of drug-likeness (QED) is 0.512. The smallest absolute Gasteiger partial charge is 0.269 e. The van der Waals surface area contributed by atoms with Gasteiger partial charge in [0.2, 0.25) is 5.91 Å². The Bertz CT molecular complexity index is 748. The van der Waals surface area contributed by atoms with Crippen molar-refractivity contribution in [2.45, 2.75) is 10.3 Å². The number of amides is 1. The van der Waals surface area contributed by atoms with Gasteiger partial charge < -0.3 is 5.32 Å².